The number of rotatable bonds is 1. The number of aliphatic imine (C=N–C) groups is 2. The lowest BCUT2D eigenvalue weighted by molar-refractivity contribution is -0.137. The lowest BCUT2D eigenvalue weighted by Gasteiger charge is -2.11. The molecule has 0 radical (unpaired) electrons. The number of phenolic OH excluding ortho intramolecular Hbond substituents is 1. The van der Waals surface area contributed by atoms with Gasteiger partial charge in [0, 0.05) is 5.56 Å². The van der Waals surface area contributed by atoms with E-state index in [1.54, 1.807) is 13.0 Å². The van der Waals surface area contributed by atoms with Crippen LogP contribution in [-0.2, 0) is 6.18 Å². The van der Waals surface area contributed by atoms with E-state index in [4.69, 9.17) is 5.73 Å². The SMILES string of the molecule is CC1=NC(N)=CCN=C1c1ccc(C(F)(F)F)cc1O. The van der Waals surface area contributed by atoms with E-state index in [1.807, 2.05) is 0 Å². The third-order valence-corrected chi connectivity index (χ3v) is 2.77. The molecule has 7 heteroatoms. The molecule has 1 aromatic carbocycles. The first kappa shape index (κ1) is 14.1. The minimum atomic E-state index is -4.50. The van der Waals surface area contributed by atoms with Crippen molar-refractivity contribution >= 4 is 11.4 Å². The fourth-order valence-corrected chi connectivity index (χ4v) is 1.83. The van der Waals surface area contributed by atoms with Crippen molar-refractivity contribution in [2.45, 2.75) is 13.1 Å². The molecule has 0 saturated carbocycles. The van der Waals surface area contributed by atoms with Gasteiger partial charge in [-0.05, 0) is 31.2 Å². The molecular weight excluding hydrogens is 271 g/mol. The number of aromatic hydroxyl groups is 1. The van der Waals surface area contributed by atoms with Crippen LogP contribution in [0.25, 0.3) is 0 Å². The smallest absolute Gasteiger partial charge is 0.416 e. The van der Waals surface area contributed by atoms with Gasteiger partial charge in [-0.2, -0.15) is 13.2 Å². The minimum Gasteiger partial charge on any atom is -0.507 e. The van der Waals surface area contributed by atoms with E-state index in [0.29, 0.717) is 17.5 Å². The maximum absolute atomic E-state index is 12.5. The van der Waals surface area contributed by atoms with E-state index in [-0.39, 0.29) is 17.9 Å². The lowest BCUT2D eigenvalue weighted by atomic mass is 10.0. The van der Waals surface area contributed by atoms with Crippen LogP contribution in [0, 0.1) is 0 Å². The van der Waals surface area contributed by atoms with E-state index in [1.165, 1.54) is 6.07 Å². The van der Waals surface area contributed by atoms with E-state index < -0.39 is 17.5 Å². The molecule has 4 nitrogen and oxygen atoms in total. The molecule has 1 aliphatic rings. The van der Waals surface area contributed by atoms with Crippen LogP contribution in [0.2, 0.25) is 0 Å². The van der Waals surface area contributed by atoms with Gasteiger partial charge in [-0.25, -0.2) is 4.99 Å². The molecule has 1 heterocycles. The zero-order valence-corrected chi connectivity index (χ0v) is 10.6. The van der Waals surface area contributed by atoms with Gasteiger partial charge in [0.15, 0.2) is 0 Å². The normalized spacial score (nSPS) is 16.1. The van der Waals surface area contributed by atoms with Crippen LogP contribution in [0.4, 0.5) is 13.2 Å². The predicted octanol–water partition coefficient (Wildman–Crippen LogP) is 2.47. The van der Waals surface area contributed by atoms with Crippen LogP contribution in [-0.4, -0.2) is 23.1 Å². The van der Waals surface area contributed by atoms with Crippen molar-refractivity contribution in [1.29, 1.82) is 0 Å². The van der Waals surface area contributed by atoms with Gasteiger partial charge in [-0.3, -0.25) is 4.99 Å². The van der Waals surface area contributed by atoms with Crippen LogP contribution >= 0.6 is 0 Å². The minimum absolute atomic E-state index is 0.197. The van der Waals surface area contributed by atoms with Crippen molar-refractivity contribution in [3.8, 4) is 5.75 Å². The summed E-state index contributed by atoms with van der Waals surface area (Å²) in [6, 6.07) is 2.75. The third-order valence-electron chi connectivity index (χ3n) is 2.77. The van der Waals surface area contributed by atoms with Gasteiger partial charge < -0.3 is 10.8 Å². The Hall–Kier alpha value is -2.31. The molecule has 0 aliphatic carbocycles. The number of hydrogen-bond donors (Lipinski definition) is 2. The van der Waals surface area contributed by atoms with E-state index in [2.05, 4.69) is 9.98 Å². The standard InChI is InChI=1S/C13H12F3N3O/c1-7-12(18-5-4-11(17)19-7)9-3-2-8(6-10(9)20)13(14,15)16/h2-4,6,20H,5,17H2,1H3. The number of phenols is 1. The molecule has 106 valence electrons. The van der Waals surface area contributed by atoms with Crippen LogP contribution in [0.15, 0.2) is 40.1 Å². The maximum Gasteiger partial charge on any atom is 0.416 e. The number of hydrogen-bond acceptors (Lipinski definition) is 4. The summed E-state index contributed by atoms with van der Waals surface area (Å²) >= 11 is 0. The van der Waals surface area contributed by atoms with Crippen molar-refractivity contribution in [3.63, 3.8) is 0 Å². The Labute approximate surface area is 113 Å². The number of halogens is 3. The van der Waals surface area contributed by atoms with Crippen LogP contribution in [0.1, 0.15) is 18.1 Å². The Morgan fingerprint density at radius 3 is 2.60 bits per heavy atom. The highest BCUT2D eigenvalue weighted by atomic mass is 19.4. The molecule has 0 unspecified atom stereocenters. The topological polar surface area (TPSA) is 71.0 Å². The second-order valence-corrected chi connectivity index (χ2v) is 4.25. The van der Waals surface area contributed by atoms with Crippen LogP contribution in [0.3, 0.4) is 0 Å². The van der Waals surface area contributed by atoms with Gasteiger partial charge in [0.1, 0.15) is 11.6 Å². The number of benzene rings is 1. The molecule has 1 aromatic rings. The highest BCUT2D eigenvalue weighted by Crippen LogP contribution is 2.33. The van der Waals surface area contributed by atoms with E-state index in [9.17, 15) is 18.3 Å². The Bertz CT molecular complexity index is 630. The van der Waals surface area contributed by atoms with Gasteiger partial charge in [0.05, 0.1) is 23.5 Å². The summed E-state index contributed by atoms with van der Waals surface area (Å²) in [5, 5.41) is 9.80. The average Bonchev–Trinajstić information content (AvgIpc) is 2.49. The molecule has 0 bridgehead atoms. The first-order valence-corrected chi connectivity index (χ1v) is 5.75. The van der Waals surface area contributed by atoms with Crippen LogP contribution < -0.4 is 5.73 Å². The van der Waals surface area contributed by atoms with Crippen molar-refractivity contribution in [2.24, 2.45) is 15.7 Å². The average molecular weight is 283 g/mol. The zero-order valence-electron chi connectivity index (χ0n) is 10.6. The van der Waals surface area contributed by atoms with Crippen LogP contribution in [0.5, 0.6) is 5.75 Å². The van der Waals surface area contributed by atoms with Crippen molar-refractivity contribution in [3.05, 3.63) is 41.2 Å². The summed E-state index contributed by atoms with van der Waals surface area (Å²) in [5.41, 5.74) is 5.62. The third kappa shape index (κ3) is 2.81. The Kier molecular flexibility index (Phi) is 3.52. The highest BCUT2D eigenvalue weighted by Gasteiger charge is 2.31. The molecule has 0 fully saturated rings. The first-order valence-electron chi connectivity index (χ1n) is 5.75. The predicted molar refractivity (Wildman–Crippen MR) is 69.9 cm³/mol. The Morgan fingerprint density at radius 1 is 1.30 bits per heavy atom. The molecule has 0 spiro atoms. The Morgan fingerprint density at radius 2 is 2.00 bits per heavy atom. The summed E-state index contributed by atoms with van der Waals surface area (Å²) < 4.78 is 37.6. The fourth-order valence-electron chi connectivity index (χ4n) is 1.83. The summed E-state index contributed by atoms with van der Waals surface area (Å²) in [7, 11) is 0. The van der Waals surface area contributed by atoms with Crippen molar-refractivity contribution < 1.29 is 18.3 Å². The van der Waals surface area contributed by atoms with E-state index >= 15 is 0 Å². The van der Waals surface area contributed by atoms with Gasteiger partial charge in [-0.15, -0.1) is 0 Å². The van der Waals surface area contributed by atoms with Gasteiger partial charge in [0.2, 0.25) is 0 Å². The second kappa shape index (κ2) is 4.99. The monoisotopic (exact) mass is 283 g/mol. The number of nitrogens with two attached hydrogens (primary N) is 1. The first-order chi connectivity index (χ1) is 9.29. The Balaban J connectivity index is 2.45. The summed E-state index contributed by atoms with van der Waals surface area (Å²) in [4.78, 5) is 8.20. The molecule has 0 saturated heterocycles. The molecule has 20 heavy (non-hydrogen) atoms. The zero-order chi connectivity index (χ0) is 14.9. The lowest BCUT2D eigenvalue weighted by Crippen LogP contribution is -2.14. The molecule has 3 N–H and O–H groups in total. The quantitative estimate of drug-likeness (QED) is 0.831. The number of alkyl halides is 3. The molecule has 0 atom stereocenters. The summed E-state index contributed by atoms with van der Waals surface area (Å²) in [6.45, 7) is 1.88. The number of nitrogens with zero attached hydrogens (tertiary/aromatic N) is 2. The summed E-state index contributed by atoms with van der Waals surface area (Å²) in [6.07, 6.45) is -2.92. The van der Waals surface area contributed by atoms with Gasteiger partial charge in [-0.1, -0.05) is 0 Å². The summed E-state index contributed by atoms with van der Waals surface area (Å²) in [5.74, 6) is -0.207. The maximum atomic E-state index is 12.5. The van der Waals surface area contributed by atoms with E-state index in [0.717, 1.165) is 6.07 Å². The molecule has 0 aromatic heterocycles. The fraction of sp³-hybridized carbons (Fsp3) is 0.231. The molecule has 2 rings (SSSR count). The van der Waals surface area contributed by atoms with Crippen molar-refractivity contribution in [1.82, 2.24) is 0 Å². The van der Waals surface area contributed by atoms with Crippen molar-refractivity contribution in [2.75, 3.05) is 6.54 Å². The molecule has 1 aliphatic heterocycles. The second-order valence-electron chi connectivity index (χ2n) is 4.25. The highest BCUT2D eigenvalue weighted by molar-refractivity contribution is 6.48. The van der Waals surface area contributed by atoms with Gasteiger partial charge >= 0.3 is 6.18 Å². The largest absolute Gasteiger partial charge is 0.507 e. The van der Waals surface area contributed by atoms with Gasteiger partial charge in [0.25, 0.3) is 0 Å². The molecular formula is C13H12F3N3O. The molecule has 0 amide bonds.